The maximum Gasteiger partial charge on any atom is 0.232 e. The van der Waals surface area contributed by atoms with E-state index in [1.54, 1.807) is 27.7 Å². The summed E-state index contributed by atoms with van der Waals surface area (Å²) in [5.41, 5.74) is 0.678. The molecule has 0 aliphatic rings. The maximum atomic E-state index is 15.0. The third-order valence-electron chi connectivity index (χ3n) is 5.28. The smallest absolute Gasteiger partial charge is 0.232 e. The quantitative estimate of drug-likeness (QED) is 0.464. The van der Waals surface area contributed by atoms with Gasteiger partial charge in [0, 0.05) is 17.0 Å². The van der Waals surface area contributed by atoms with E-state index in [0.29, 0.717) is 17.3 Å². The molecule has 1 heterocycles. The number of aromatic nitrogens is 2. The molecular weight excluding hydrogens is 497 g/mol. The van der Waals surface area contributed by atoms with Crippen molar-refractivity contribution < 1.29 is 30.7 Å². The van der Waals surface area contributed by atoms with Gasteiger partial charge in [0.2, 0.25) is 10.0 Å². The second-order valence-corrected chi connectivity index (χ2v) is 13.3. The van der Waals surface area contributed by atoms with Crippen molar-refractivity contribution in [1.29, 1.82) is 0 Å². The average molecular weight is 526 g/mol. The summed E-state index contributed by atoms with van der Waals surface area (Å²) in [5.74, 6) is -1.14. The zero-order chi connectivity index (χ0) is 26.2. The van der Waals surface area contributed by atoms with Gasteiger partial charge < -0.3 is 9.47 Å². The molecule has 0 saturated heterocycles. The van der Waals surface area contributed by atoms with Crippen LogP contribution < -0.4 is 14.2 Å². The van der Waals surface area contributed by atoms with Gasteiger partial charge in [0.1, 0.15) is 17.0 Å². The van der Waals surface area contributed by atoms with Crippen LogP contribution in [-0.2, 0) is 19.9 Å². The van der Waals surface area contributed by atoms with Crippen molar-refractivity contribution in [3.8, 4) is 22.8 Å². The van der Waals surface area contributed by atoms with Gasteiger partial charge in [-0.05, 0) is 45.4 Å². The third-order valence-corrected chi connectivity index (χ3v) is 9.26. The minimum Gasteiger partial charge on any atom is -0.495 e. The van der Waals surface area contributed by atoms with Crippen molar-refractivity contribution in [2.75, 3.05) is 24.7 Å². The van der Waals surface area contributed by atoms with Crippen molar-refractivity contribution in [2.24, 2.45) is 0 Å². The first-order valence-electron chi connectivity index (χ1n) is 10.7. The number of anilines is 1. The minimum absolute atomic E-state index is 0.0612. The van der Waals surface area contributed by atoms with E-state index in [9.17, 15) is 21.2 Å². The number of hydrogen-bond acceptors (Lipinski definition) is 8. The third kappa shape index (κ3) is 5.18. The van der Waals surface area contributed by atoms with Crippen LogP contribution in [0.25, 0.3) is 22.2 Å². The van der Waals surface area contributed by atoms with E-state index in [4.69, 9.17) is 9.47 Å². The van der Waals surface area contributed by atoms with Crippen molar-refractivity contribution in [2.45, 2.75) is 43.8 Å². The molecule has 3 rings (SSSR count). The largest absolute Gasteiger partial charge is 0.495 e. The molecule has 0 fully saturated rings. The van der Waals surface area contributed by atoms with Gasteiger partial charge >= 0.3 is 0 Å². The van der Waals surface area contributed by atoms with Crippen molar-refractivity contribution in [3.63, 3.8) is 0 Å². The van der Waals surface area contributed by atoms with Gasteiger partial charge in [-0.25, -0.2) is 31.2 Å². The number of halogens is 1. The molecule has 1 N–H and O–H groups in total. The monoisotopic (exact) mass is 525 g/mol. The highest BCUT2D eigenvalue weighted by Crippen LogP contribution is 2.39. The summed E-state index contributed by atoms with van der Waals surface area (Å²) >= 11 is 0. The van der Waals surface area contributed by atoms with Crippen LogP contribution in [0.2, 0.25) is 0 Å². The van der Waals surface area contributed by atoms with Crippen molar-refractivity contribution in [1.82, 2.24) is 9.97 Å². The summed E-state index contributed by atoms with van der Waals surface area (Å²) in [7, 11) is -5.00. The van der Waals surface area contributed by atoms with Crippen LogP contribution in [0.4, 0.5) is 10.1 Å². The Kier molecular flexibility index (Phi) is 7.28. The molecule has 1 aromatic heterocycles. The van der Waals surface area contributed by atoms with Crippen molar-refractivity contribution >= 4 is 36.5 Å². The number of fused-ring (bicyclic) bond motifs is 1. The first-order chi connectivity index (χ1) is 16.3. The van der Waals surface area contributed by atoms with Gasteiger partial charge in [0.15, 0.2) is 21.4 Å². The zero-order valence-electron chi connectivity index (χ0n) is 20.3. The van der Waals surface area contributed by atoms with Gasteiger partial charge in [0.25, 0.3) is 0 Å². The maximum absolute atomic E-state index is 15.0. The Morgan fingerprint density at radius 1 is 1.00 bits per heavy atom. The fourth-order valence-corrected chi connectivity index (χ4v) is 5.96. The van der Waals surface area contributed by atoms with E-state index in [-0.39, 0.29) is 39.1 Å². The number of rotatable bonds is 8. The molecular formula is C23H28FN3O6S2. The van der Waals surface area contributed by atoms with E-state index in [0.717, 1.165) is 6.07 Å². The number of sulfone groups is 1. The highest BCUT2D eigenvalue weighted by atomic mass is 32.2. The average Bonchev–Trinajstić information content (AvgIpc) is 2.76. The van der Waals surface area contributed by atoms with Crippen LogP contribution in [0, 0.1) is 5.82 Å². The predicted molar refractivity (Wildman–Crippen MR) is 133 cm³/mol. The predicted octanol–water partition coefficient (Wildman–Crippen LogP) is 4.18. The summed E-state index contributed by atoms with van der Waals surface area (Å²) < 4.78 is 77.9. The zero-order valence-corrected chi connectivity index (χ0v) is 22.0. The lowest BCUT2D eigenvalue weighted by Gasteiger charge is -2.21. The van der Waals surface area contributed by atoms with Gasteiger partial charge in [-0.3, -0.25) is 4.72 Å². The summed E-state index contributed by atoms with van der Waals surface area (Å²) in [4.78, 5) is 8.40. The first kappa shape index (κ1) is 26.6. The molecule has 0 radical (unpaired) electrons. The number of sulfonamides is 1. The molecule has 0 amide bonds. The van der Waals surface area contributed by atoms with E-state index in [1.807, 2.05) is 0 Å². The molecule has 35 heavy (non-hydrogen) atoms. The molecule has 0 aliphatic heterocycles. The first-order valence-corrected chi connectivity index (χ1v) is 13.8. The second-order valence-electron chi connectivity index (χ2n) is 8.82. The highest BCUT2D eigenvalue weighted by Gasteiger charge is 2.34. The summed E-state index contributed by atoms with van der Waals surface area (Å²) in [6.45, 7) is 6.42. The van der Waals surface area contributed by atoms with Crippen LogP contribution in [0.3, 0.4) is 0 Å². The fraction of sp³-hybridized carbons (Fsp3) is 0.391. The van der Waals surface area contributed by atoms with Gasteiger partial charge in [-0.2, -0.15) is 0 Å². The number of methoxy groups -OCH3 is 2. The molecule has 0 aliphatic carbocycles. The van der Waals surface area contributed by atoms with Crippen LogP contribution in [0.15, 0.2) is 35.5 Å². The van der Waals surface area contributed by atoms with Crippen LogP contribution in [0.5, 0.6) is 11.5 Å². The van der Waals surface area contributed by atoms with Crippen LogP contribution in [0.1, 0.15) is 34.1 Å². The number of nitrogens with one attached hydrogen (secondary N) is 1. The highest BCUT2D eigenvalue weighted by molar-refractivity contribution is 7.93. The van der Waals surface area contributed by atoms with E-state index >= 15 is 0 Å². The second kappa shape index (κ2) is 9.57. The Balaban J connectivity index is 2.32. The molecule has 0 spiro atoms. The van der Waals surface area contributed by atoms with Crippen LogP contribution in [-0.4, -0.2) is 51.5 Å². The summed E-state index contributed by atoms with van der Waals surface area (Å²) in [5, 5.41) is 0.322. The van der Waals surface area contributed by atoms with Gasteiger partial charge in [-0.15, -0.1) is 0 Å². The van der Waals surface area contributed by atoms with E-state index in [1.165, 1.54) is 38.7 Å². The fourth-order valence-electron chi connectivity index (χ4n) is 3.49. The number of ether oxygens (including phenoxy) is 2. The molecule has 3 aromatic rings. The lowest BCUT2D eigenvalue weighted by atomic mass is 10.0. The Morgan fingerprint density at radius 2 is 1.69 bits per heavy atom. The van der Waals surface area contributed by atoms with Gasteiger partial charge in [0.05, 0.1) is 41.6 Å². The van der Waals surface area contributed by atoms with E-state index < -0.39 is 30.4 Å². The molecule has 9 nitrogen and oxygen atoms in total. The standard InChI is InChI=1S/C23H28FN3O6S2/c1-7-8-34(28,29)27-18-10-14(9-16(24)22(18)33-6)21-15-11-20(35(30,31)23(2,3)4)19(32-5)12-17(15)25-13-26-21/h9-13,27H,7-8H2,1-6H3. The topological polar surface area (TPSA) is 125 Å². The Morgan fingerprint density at radius 3 is 2.26 bits per heavy atom. The van der Waals surface area contributed by atoms with Crippen LogP contribution >= 0.6 is 0 Å². The SMILES string of the molecule is CCCS(=O)(=O)Nc1cc(-c2ncnc3cc(OC)c(S(=O)(=O)C(C)(C)C)cc23)cc(F)c1OC. The number of nitrogens with zero attached hydrogens (tertiary/aromatic N) is 2. The Labute approximate surface area is 204 Å². The van der Waals surface area contributed by atoms with E-state index in [2.05, 4.69) is 14.7 Å². The molecule has 190 valence electrons. The normalized spacial score (nSPS) is 12.5. The Bertz CT molecular complexity index is 1480. The number of hydrogen-bond donors (Lipinski definition) is 1. The minimum atomic E-state index is -3.83. The molecule has 0 saturated carbocycles. The number of benzene rings is 2. The summed E-state index contributed by atoms with van der Waals surface area (Å²) in [6, 6.07) is 5.40. The molecule has 2 aromatic carbocycles. The van der Waals surface area contributed by atoms with Gasteiger partial charge in [-0.1, -0.05) is 6.92 Å². The molecule has 0 bridgehead atoms. The molecule has 0 unspecified atom stereocenters. The lowest BCUT2D eigenvalue weighted by Crippen LogP contribution is -2.28. The molecule has 0 atom stereocenters. The summed E-state index contributed by atoms with van der Waals surface area (Å²) in [6.07, 6.45) is 1.61. The van der Waals surface area contributed by atoms with Crippen molar-refractivity contribution in [3.05, 3.63) is 36.4 Å². The lowest BCUT2D eigenvalue weighted by molar-refractivity contribution is 0.389. The Hall–Kier alpha value is -2.99. The molecule has 12 heteroatoms.